The van der Waals surface area contributed by atoms with Crippen LogP contribution in [0, 0.1) is 11.7 Å². The van der Waals surface area contributed by atoms with Crippen LogP contribution in [-0.4, -0.2) is 30.8 Å². The zero-order valence-corrected chi connectivity index (χ0v) is 9.66. The maximum Gasteiger partial charge on any atom is 0.237 e. The van der Waals surface area contributed by atoms with Gasteiger partial charge in [-0.25, -0.2) is 4.39 Å². The standard InChI is InChI=1S/C12H13FN2O2/c1-15(2)12(17)9-6-7-5-8(13)3-4-10(7)14-11(9)16/h3-5,9H,6H2,1-2H3,(H,14,16). The highest BCUT2D eigenvalue weighted by molar-refractivity contribution is 6.08. The van der Waals surface area contributed by atoms with E-state index in [2.05, 4.69) is 5.32 Å². The highest BCUT2D eigenvalue weighted by Gasteiger charge is 2.33. The topological polar surface area (TPSA) is 49.4 Å². The first-order valence-electron chi connectivity index (χ1n) is 5.29. The van der Waals surface area contributed by atoms with Crippen LogP contribution in [0.25, 0.3) is 0 Å². The molecule has 17 heavy (non-hydrogen) atoms. The second-order valence-corrected chi connectivity index (χ2v) is 4.28. The molecule has 1 unspecified atom stereocenters. The fraction of sp³-hybridized carbons (Fsp3) is 0.333. The molecule has 1 aromatic carbocycles. The smallest absolute Gasteiger partial charge is 0.237 e. The molecule has 1 aliphatic rings. The Hall–Kier alpha value is -1.91. The van der Waals surface area contributed by atoms with Crippen LogP contribution >= 0.6 is 0 Å². The molecule has 90 valence electrons. The molecular formula is C12H13FN2O2. The molecule has 1 N–H and O–H groups in total. The molecule has 0 aliphatic carbocycles. The van der Waals surface area contributed by atoms with Crippen LogP contribution in [0.15, 0.2) is 18.2 Å². The van der Waals surface area contributed by atoms with E-state index in [4.69, 9.17) is 0 Å². The predicted molar refractivity (Wildman–Crippen MR) is 60.9 cm³/mol. The van der Waals surface area contributed by atoms with Crippen molar-refractivity contribution < 1.29 is 14.0 Å². The van der Waals surface area contributed by atoms with E-state index in [9.17, 15) is 14.0 Å². The number of hydrogen-bond acceptors (Lipinski definition) is 2. The van der Waals surface area contributed by atoms with Crippen LogP contribution in [-0.2, 0) is 16.0 Å². The number of hydrogen-bond donors (Lipinski definition) is 1. The average Bonchev–Trinajstić information content (AvgIpc) is 2.27. The molecule has 1 aliphatic heterocycles. The normalized spacial score (nSPS) is 18.3. The summed E-state index contributed by atoms with van der Waals surface area (Å²) in [6, 6.07) is 4.15. The minimum atomic E-state index is -0.765. The highest BCUT2D eigenvalue weighted by atomic mass is 19.1. The molecule has 2 rings (SSSR count). The van der Waals surface area contributed by atoms with Gasteiger partial charge in [0.25, 0.3) is 0 Å². The van der Waals surface area contributed by atoms with Crippen molar-refractivity contribution in [2.75, 3.05) is 19.4 Å². The Kier molecular flexibility index (Phi) is 2.83. The van der Waals surface area contributed by atoms with E-state index >= 15 is 0 Å². The van der Waals surface area contributed by atoms with Gasteiger partial charge in [0.1, 0.15) is 11.7 Å². The van der Waals surface area contributed by atoms with E-state index in [1.807, 2.05) is 0 Å². The van der Waals surface area contributed by atoms with Gasteiger partial charge in [0, 0.05) is 19.8 Å². The number of benzene rings is 1. The van der Waals surface area contributed by atoms with Crippen LogP contribution < -0.4 is 5.32 Å². The zero-order chi connectivity index (χ0) is 12.6. The summed E-state index contributed by atoms with van der Waals surface area (Å²) in [5.41, 5.74) is 1.24. The SMILES string of the molecule is CN(C)C(=O)C1Cc2cc(F)ccc2NC1=O. The molecule has 0 spiro atoms. The third kappa shape index (κ3) is 2.13. The maximum atomic E-state index is 13.1. The summed E-state index contributed by atoms with van der Waals surface area (Å²) >= 11 is 0. The van der Waals surface area contributed by atoms with Crippen LogP contribution in [0.2, 0.25) is 0 Å². The largest absolute Gasteiger partial charge is 0.348 e. The quantitative estimate of drug-likeness (QED) is 0.740. The van der Waals surface area contributed by atoms with Gasteiger partial charge in [-0.2, -0.15) is 0 Å². The Labute approximate surface area is 98.4 Å². The van der Waals surface area contributed by atoms with Crippen LogP contribution in [0.1, 0.15) is 5.56 Å². The fourth-order valence-electron chi connectivity index (χ4n) is 1.90. The summed E-state index contributed by atoms with van der Waals surface area (Å²) in [6.07, 6.45) is 0.246. The van der Waals surface area contributed by atoms with Gasteiger partial charge < -0.3 is 10.2 Å². The van der Waals surface area contributed by atoms with Gasteiger partial charge in [-0.1, -0.05) is 0 Å². The molecule has 0 bridgehead atoms. The predicted octanol–water partition coefficient (Wildman–Crippen LogP) is 1.02. The number of carbonyl (C=O) groups is 2. The van der Waals surface area contributed by atoms with Crippen molar-refractivity contribution in [1.29, 1.82) is 0 Å². The molecule has 0 saturated carbocycles. The first-order valence-corrected chi connectivity index (χ1v) is 5.29. The lowest BCUT2D eigenvalue weighted by atomic mass is 9.92. The van der Waals surface area contributed by atoms with E-state index in [0.29, 0.717) is 11.3 Å². The molecule has 1 aromatic rings. The maximum absolute atomic E-state index is 13.1. The molecule has 5 heteroatoms. The number of amides is 2. The lowest BCUT2D eigenvalue weighted by Gasteiger charge is -2.25. The summed E-state index contributed by atoms with van der Waals surface area (Å²) in [5.74, 6) is -1.73. The molecule has 1 atom stereocenters. The Morgan fingerprint density at radius 3 is 2.82 bits per heavy atom. The third-order valence-corrected chi connectivity index (χ3v) is 2.80. The molecular weight excluding hydrogens is 223 g/mol. The van der Waals surface area contributed by atoms with Crippen molar-refractivity contribution in [3.8, 4) is 0 Å². The van der Waals surface area contributed by atoms with Crippen molar-refractivity contribution in [2.24, 2.45) is 5.92 Å². The summed E-state index contributed by atoms with van der Waals surface area (Å²) in [7, 11) is 3.19. The van der Waals surface area contributed by atoms with Crippen molar-refractivity contribution in [2.45, 2.75) is 6.42 Å². The number of nitrogens with one attached hydrogen (secondary N) is 1. The molecule has 0 aromatic heterocycles. The average molecular weight is 236 g/mol. The summed E-state index contributed by atoms with van der Waals surface area (Å²) in [6.45, 7) is 0. The number of nitrogens with zero attached hydrogens (tertiary/aromatic N) is 1. The van der Waals surface area contributed by atoms with Gasteiger partial charge in [-0.3, -0.25) is 9.59 Å². The van der Waals surface area contributed by atoms with Gasteiger partial charge in [0.2, 0.25) is 11.8 Å². The van der Waals surface area contributed by atoms with E-state index in [1.165, 1.54) is 23.1 Å². The van der Waals surface area contributed by atoms with E-state index in [0.717, 1.165) is 0 Å². The van der Waals surface area contributed by atoms with E-state index in [1.54, 1.807) is 14.1 Å². The summed E-state index contributed by atoms with van der Waals surface area (Å²) in [4.78, 5) is 24.9. The number of carbonyl (C=O) groups excluding carboxylic acids is 2. The van der Waals surface area contributed by atoms with E-state index in [-0.39, 0.29) is 24.1 Å². The Morgan fingerprint density at radius 1 is 1.47 bits per heavy atom. The lowest BCUT2D eigenvalue weighted by Crippen LogP contribution is -2.41. The molecule has 4 nitrogen and oxygen atoms in total. The number of rotatable bonds is 1. The van der Waals surface area contributed by atoms with Gasteiger partial charge >= 0.3 is 0 Å². The van der Waals surface area contributed by atoms with Gasteiger partial charge in [-0.15, -0.1) is 0 Å². The Balaban J connectivity index is 2.31. The first-order chi connectivity index (χ1) is 7.99. The summed E-state index contributed by atoms with van der Waals surface area (Å²) < 4.78 is 13.1. The first kappa shape index (κ1) is 11.6. The zero-order valence-electron chi connectivity index (χ0n) is 9.66. The minimum Gasteiger partial charge on any atom is -0.348 e. The Morgan fingerprint density at radius 2 is 2.18 bits per heavy atom. The molecule has 2 amide bonds. The van der Waals surface area contributed by atoms with Crippen molar-refractivity contribution in [3.05, 3.63) is 29.6 Å². The van der Waals surface area contributed by atoms with Crippen LogP contribution in [0.3, 0.4) is 0 Å². The second-order valence-electron chi connectivity index (χ2n) is 4.28. The second kappa shape index (κ2) is 4.16. The molecule has 1 heterocycles. The fourth-order valence-corrected chi connectivity index (χ4v) is 1.90. The van der Waals surface area contributed by atoms with Gasteiger partial charge in [-0.05, 0) is 30.2 Å². The third-order valence-electron chi connectivity index (χ3n) is 2.80. The molecule has 0 radical (unpaired) electrons. The highest BCUT2D eigenvalue weighted by Crippen LogP contribution is 2.26. The van der Waals surface area contributed by atoms with Gasteiger partial charge in [0.15, 0.2) is 0 Å². The number of anilines is 1. The summed E-state index contributed by atoms with van der Waals surface area (Å²) in [5, 5.41) is 2.62. The lowest BCUT2D eigenvalue weighted by molar-refractivity contribution is -0.138. The van der Waals surface area contributed by atoms with Crippen LogP contribution in [0.5, 0.6) is 0 Å². The van der Waals surface area contributed by atoms with Crippen molar-refractivity contribution >= 4 is 17.5 Å². The number of halogens is 1. The number of fused-ring (bicyclic) bond motifs is 1. The molecule has 0 saturated heterocycles. The monoisotopic (exact) mass is 236 g/mol. The van der Waals surface area contributed by atoms with E-state index < -0.39 is 5.92 Å². The Bertz CT molecular complexity index is 485. The van der Waals surface area contributed by atoms with Crippen molar-refractivity contribution in [1.82, 2.24) is 4.90 Å². The minimum absolute atomic E-state index is 0.246. The van der Waals surface area contributed by atoms with Crippen LogP contribution in [0.4, 0.5) is 10.1 Å². The molecule has 0 fully saturated rings. The van der Waals surface area contributed by atoms with Crippen molar-refractivity contribution in [3.63, 3.8) is 0 Å². The van der Waals surface area contributed by atoms with Gasteiger partial charge in [0.05, 0.1) is 0 Å².